The Morgan fingerprint density at radius 2 is 2.14 bits per heavy atom. The van der Waals surface area contributed by atoms with Crippen molar-refractivity contribution in [2.24, 2.45) is 0 Å². The topological polar surface area (TPSA) is 24.9 Å². The lowest BCUT2D eigenvalue weighted by Gasteiger charge is -2.06. The maximum atomic E-state index is 11.8. The summed E-state index contributed by atoms with van der Waals surface area (Å²) in [5.74, 6) is 0.243. The molecule has 0 saturated carbocycles. The van der Waals surface area contributed by atoms with Gasteiger partial charge < -0.3 is 5.32 Å². The molecule has 1 heterocycles. The molecule has 0 amide bonds. The number of nitrogens with one attached hydrogen (secondary N) is 1. The number of alkyl halides is 3. The van der Waals surface area contributed by atoms with Crippen LogP contribution in [0.4, 0.5) is 18.3 Å². The molecule has 0 saturated heterocycles. The van der Waals surface area contributed by atoms with Crippen LogP contribution in [-0.4, -0.2) is 17.7 Å². The Morgan fingerprint density at radius 1 is 1.50 bits per heavy atom. The molecule has 2 nitrogen and oxygen atoms in total. The predicted molar refractivity (Wildman–Crippen MR) is 50.7 cm³/mol. The van der Waals surface area contributed by atoms with E-state index >= 15 is 0 Å². The molecule has 80 valence electrons. The molecule has 0 radical (unpaired) electrons. The van der Waals surface area contributed by atoms with E-state index in [-0.39, 0.29) is 5.92 Å². The standard InChI is InChI=1S/C8H11F3N2S/c1-5(2)6-3-14-7(13-6)12-4-8(9,10)11/h3,5H,4H2,1-2H3,(H,12,13). The van der Waals surface area contributed by atoms with E-state index in [0.29, 0.717) is 5.13 Å². The van der Waals surface area contributed by atoms with Gasteiger partial charge in [0.2, 0.25) is 0 Å². The van der Waals surface area contributed by atoms with Crippen LogP contribution in [0.15, 0.2) is 5.38 Å². The van der Waals surface area contributed by atoms with Crippen molar-refractivity contribution in [2.45, 2.75) is 25.9 Å². The van der Waals surface area contributed by atoms with Crippen molar-refractivity contribution in [1.29, 1.82) is 0 Å². The van der Waals surface area contributed by atoms with Gasteiger partial charge in [-0.1, -0.05) is 13.8 Å². The van der Waals surface area contributed by atoms with Crippen LogP contribution in [0.5, 0.6) is 0 Å². The summed E-state index contributed by atoms with van der Waals surface area (Å²) in [6.45, 7) is 2.86. The molecular formula is C8H11F3N2S. The minimum Gasteiger partial charge on any atom is -0.352 e. The summed E-state index contributed by atoms with van der Waals surface area (Å²) in [4.78, 5) is 4.02. The van der Waals surface area contributed by atoms with Crippen LogP contribution in [0.3, 0.4) is 0 Å². The summed E-state index contributed by atoms with van der Waals surface area (Å²) in [5.41, 5.74) is 0.819. The van der Waals surface area contributed by atoms with Crippen LogP contribution in [0.1, 0.15) is 25.5 Å². The van der Waals surface area contributed by atoms with E-state index < -0.39 is 12.7 Å². The molecule has 0 aliphatic rings. The van der Waals surface area contributed by atoms with Crippen LogP contribution in [0, 0.1) is 0 Å². The lowest BCUT2D eigenvalue weighted by Crippen LogP contribution is -2.21. The second kappa shape index (κ2) is 4.16. The van der Waals surface area contributed by atoms with Gasteiger partial charge in [-0.15, -0.1) is 11.3 Å². The molecule has 0 spiro atoms. The third-order valence-electron chi connectivity index (χ3n) is 1.55. The van der Waals surface area contributed by atoms with Crippen molar-refractivity contribution in [2.75, 3.05) is 11.9 Å². The first-order valence-electron chi connectivity index (χ1n) is 4.14. The third kappa shape index (κ3) is 3.53. The van der Waals surface area contributed by atoms with Crippen molar-refractivity contribution in [3.63, 3.8) is 0 Å². The van der Waals surface area contributed by atoms with Gasteiger partial charge in [-0.2, -0.15) is 13.2 Å². The third-order valence-corrected chi connectivity index (χ3v) is 2.37. The summed E-state index contributed by atoms with van der Waals surface area (Å²) in [5, 5.41) is 4.33. The van der Waals surface area contributed by atoms with Crippen LogP contribution in [0.25, 0.3) is 0 Å². The maximum Gasteiger partial charge on any atom is 0.405 e. The Labute approximate surface area is 84.2 Å². The van der Waals surface area contributed by atoms with E-state index in [1.807, 2.05) is 13.8 Å². The van der Waals surface area contributed by atoms with Crippen molar-refractivity contribution in [3.05, 3.63) is 11.1 Å². The zero-order chi connectivity index (χ0) is 10.8. The Kier molecular flexibility index (Phi) is 3.36. The second-order valence-electron chi connectivity index (χ2n) is 3.20. The number of nitrogens with zero attached hydrogens (tertiary/aromatic N) is 1. The molecule has 1 aromatic rings. The van der Waals surface area contributed by atoms with Gasteiger partial charge in [0.25, 0.3) is 0 Å². The largest absolute Gasteiger partial charge is 0.405 e. The summed E-state index contributed by atoms with van der Waals surface area (Å²) in [7, 11) is 0. The number of hydrogen-bond donors (Lipinski definition) is 1. The lowest BCUT2D eigenvalue weighted by atomic mass is 10.2. The van der Waals surface area contributed by atoms with Crippen molar-refractivity contribution >= 4 is 16.5 Å². The van der Waals surface area contributed by atoms with Crippen LogP contribution in [0.2, 0.25) is 0 Å². The van der Waals surface area contributed by atoms with E-state index in [1.165, 1.54) is 11.3 Å². The van der Waals surface area contributed by atoms with Gasteiger partial charge in [0.05, 0.1) is 5.69 Å². The first-order chi connectivity index (χ1) is 6.38. The van der Waals surface area contributed by atoms with E-state index in [0.717, 1.165) is 5.69 Å². The van der Waals surface area contributed by atoms with Gasteiger partial charge in [-0.3, -0.25) is 0 Å². The quantitative estimate of drug-likeness (QED) is 0.852. The lowest BCUT2D eigenvalue weighted by molar-refractivity contribution is -0.115. The first-order valence-corrected chi connectivity index (χ1v) is 5.02. The van der Waals surface area contributed by atoms with E-state index in [2.05, 4.69) is 10.3 Å². The van der Waals surface area contributed by atoms with Crippen molar-refractivity contribution in [3.8, 4) is 0 Å². The van der Waals surface area contributed by atoms with Gasteiger partial charge in [0, 0.05) is 5.38 Å². The normalized spacial score (nSPS) is 12.1. The fraction of sp³-hybridized carbons (Fsp3) is 0.625. The number of halogens is 3. The minimum absolute atomic E-state index is 0.243. The maximum absolute atomic E-state index is 11.8. The monoisotopic (exact) mass is 224 g/mol. The molecular weight excluding hydrogens is 213 g/mol. The van der Waals surface area contributed by atoms with Gasteiger partial charge in [0.1, 0.15) is 6.54 Å². The summed E-state index contributed by atoms with van der Waals surface area (Å²) >= 11 is 1.20. The van der Waals surface area contributed by atoms with Gasteiger partial charge >= 0.3 is 6.18 Å². The molecule has 14 heavy (non-hydrogen) atoms. The number of anilines is 1. The summed E-state index contributed by atoms with van der Waals surface area (Å²) in [6.07, 6.45) is -4.19. The highest BCUT2D eigenvalue weighted by atomic mass is 32.1. The summed E-state index contributed by atoms with van der Waals surface area (Å²) < 4.78 is 35.5. The molecule has 1 rings (SSSR count). The Hall–Kier alpha value is -0.780. The van der Waals surface area contributed by atoms with Crippen molar-refractivity contribution < 1.29 is 13.2 Å². The number of thiazole rings is 1. The highest BCUT2D eigenvalue weighted by Crippen LogP contribution is 2.23. The smallest absolute Gasteiger partial charge is 0.352 e. The van der Waals surface area contributed by atoms with E-state index in [1.54, 1.807) is 5.38 Å². The molecule has 0 bridgehead atoms. The fourth-order valence-corrected chi connectivity index (χ4v) is 1.68. The van der Waals surface area contributed by atoms with Crippen LogP contribution in [-0.2, 0) is 0 Å². The zero-order valence-electron chi connectivity index (χ0n) is 7.85. The predicted octanol–water partition coefficient (Wildman–Crippen LogP) is 3.24. The SMILES string of the molecule is CC(C)c1csc(NCC(F)(F)F)n1. The molecule has 0 aliphatic carbocycles. The van der Waals surface area contributed by atoms with E-state index in [4.69, 9.17) is 0 Å². The molecule has 0 fully saturated rings. The molecule has 0 unspecified atom stereocenters. The molecule has 6 heteroatoms. The molecule has 1 aromatic heterocycles. The Bertz CT molecular complexity index is 293. The fourth-order valence-electron chi connectivity index (χ4n) is 0.808. The Balaban J connectivity index is 2.52. The molecule has 1 N–H and O–H groups in total. The summed E-state index contributed by atoms with van der Waals surface area (Å²) in [6, 6.07) is 0. The Morgan fingerprint density at radius 3 is 2.57 bits per heavy atom. The van der Waals surface area contributed by atoms with Gasteiger partial charge in [-0.25, -0.2) is 4.98 Å². The number of hydrogen-bond acceptors (Lipinski definition) is 3. The zero-order valence-corrected chi connectivity index (χ0v) is 8.67. The first kappa shape index (κ1) is 11.3. The molecule has 0 aliphatic heterocycles. The number of aromatic nitrogens is 1. The van der Waals surface area contributed by atoms with Gasteiger partial charge in [0.15, 0.2) is 5.13 Å². The van der Waals surface area contributed by atoms with Crippen LogP contribution < -0.4 is 5.32 Å². The average Bonchev–Trinajstić information content (AvgIpc) is 2.47. The van der Waals surface area contributed by atoms with E-state index in [9.17, 15) is 13.2 Å². The van der Waals surface area contributed by atoms with Crippen LogP contribution >= 0.6 is 11.3 Å². The average molecular weight is 224 g/mol. The van der Waals surface area contributed by atoms with Crippen molar-refractivity contribution in [1.82, 2.24) is 4.98 Å². The second-order valence-corrected chi connectivity index (χ2v) is 4.06. The number of rotatable bonds is 3. The highest BCUT2D eigenvalue weighted by Gasteiger charge is 2.27. The molecule has 0 atom stereocenters. The minimum atomic E-state index is -4.19. The van der Waals surface area contributed by atoms with Gasteiger partial charge in [-0.05, 0) is 5.92 Å². The highest BCUT2D eigenvalue weighted by molar-refractivity contribution is 7.13. The molecule has 0 aromatic carbocycles.